The van der Waals surface area contributed by atoms with Gasteiger partial charge in [0, 0.05) is 15.4 Å². The van der Waals surface area contributed by atoms with E-state index in [0.717, 1.165) is 0 Å². The summed E-state index contributed by atoms with van der Waals surface area (Å²) in [6.45, 7) is 3.71. The summed E-state index contributed by atoms with van der Waals surface area (Å²) < 4.78 is 20.9. The zero-order valence-corrected chi connectivity index (χ0v) is 7.26. The van der Waals surface area contributed by atoms with Gasteiger partial charge in [-0.05, 0) is 6.92 Å². The van der Waals surface area contributed by atoms with Gasteiger partial charge in [-0.1, -0.05) is 6.92 Å². The van der Waals surface area contributed by atoms with Crippen LogP contribution in [0.4, 0.5) is 0 Å². The van der Waals surface area contributed by atoms with Crippen LogP contribution in [0.25, 0.3) is 0 Å². The minimum absolute atomic E-state index is 0.199. The van der Waals surface area contributed by atoms with Gasteiger partial charge in [0.15, 0.2) is 0 Å². The van der Waals surface area contributed by atoms with Crippen molar-refractivity contribution in [2.45, 2.75) is 24.9 Å². The molecule has 2 atom stereocenters. The summed E-state index contributed by atoms with van der Waals surface area (Å²) in [6.07, 6.45) is 0.703. The first-order valence-corrected chi connectivity index (χ1v) is 5.10. The molecule has 0 fully saturated rings. The fourth-order valence-corrected chi connectivity index (χ4v) is 2.12. The van der Waals surface area contributed by atoms with Gasteiger partial charge < -0.3 is 4.55 Å². The van der Waals surface area contributed by atoms with Crippen molar-refractivity contribution in [3.63, 3.8) is 0 Å². The largest absolute Gasteiger partial charge is 0.612 e. The van der Waals surface area contributed by atoms with Crippen molar-refractivity contribution in [2.75, 3.05) is 5.75 Å². The van der Waals surface area contributed by atoms with Crippen LogP contribution < -0.4 is 0 Å². The second kappa shape index (κ2) is 5.14. The average Bonchev–Trinajstić information content (AvgIpc) is 1.90. The quantitative estimate of drug-likeness (QED) is 0.584. The summed E-state index contributed by atoms with van der Waals surface area (Å²) in [5.74, 6) is 0.591. The Kier molecular flexibility index (Phi) is 5.33. The van der Waals surface area contributed by atoms with Crippen LogP contribution in [0.3, 0.4) is 0 Å². The minimum atomic E-state index is -0.914. The van der Waals surface area contributed by atoms with Crippen molar-refractivity contribution >= 4 is 22.8 Å². The highest BCUT2D eigenvalue weighted by atomic mass is 32.3. The fraction of sp³-hybridized carbons (Fsp3) is 1.00. The first-order chi connectivity index (χ1) is 4.26. The summed E-state index contributed by atoms with van der Waals surface area (Å²) in [6, 6.07) is 0. The third-order valence-electron chi connectivity index (χ3n) is 1.02. The summed E-state index contributed by atoms with van der Waals surface area (Å²) in [5.41, 5.74) is 0. The van der Waals surface area contributed by atoms with E-state index in [1.165, 1.54) is 0 Å². The van der Waals surface area contributed by atoms with E-state index >= 15 is 0 Å². The van der Waals surface area contributed by atoms with Crippen molar-refractivity contribution in [2.24, 2.45) is 0 Å². The van der Waals surface area contributed by atoms with E-state index in [1.54, 1.807) is 0 Å². The fourth-order valence-electron chi connectivity index (χ4n) is 0.484. The van der Waals surface area contributed by atoms with Crippen LogP contribution >= 0.6 is 0 Å². The standard InChI is InChI=1S/C5H11O2S2/c1-3-5(8-6)9(7)4-2/h5H,3-4H2,1-2H3/q+1. The van der Waals surface area contributed by atoms with Crippen LogP contribution in [0.2, 0.25) is 0 Å². The normalized spacial score (nSPS) is 16.8. The first-order valence-electron chi connectivity index (χ1n) is 2.92. The molecule has 0 spiro atoms. The lowest BCUT2D eigenvalue weighted by molar-refractivity contribution is 0.583. The van der Waals surface area contributed by atoms with Crippen molar-refractivity contribution < 1.29 is 8.76 Å². The Balaban J connectivity index is 3.63. The van der Waals surface area contributed by atoms with E-state index in [-0.39, 0.29) is 4.58 Å². The van der Waals surface area contributed by atoms with E-state index in [4.69, 9.17) is 0 Å². The van der Waals surface area contributed by atoms with Gasteiger partial charge in [-0.25, -0.2) is 0 Å². The molecule has 0 aliphatic heterocycles. The smallest absolute Gasteiger partial charge is 0.519 e. The molecule has 2 unspecified atom stereocenters. The minimum Gasteiger partial charge on any atom is -0.612 e. The van der Waals surface area contributed by atoms with Gasteiger partial charge in [-0.15, -0.1) is 0 Å². The highest BCUT2D eigenvalue weighted by Gasteiger charge is 2.30. The molecule has 0 aromatic carbocycles. The molecule has 2 nitrogen and oxygen atoms in total. The molecule has 9 heavy (non-hydrogen) atoms. The van der Waals surface area contributed by atoms with Crippen LogP contribution in [-0.2, 0) is 27.1 Å². The Morgan fingerprint density at radius 2 is 2.22 bits per heavy atom. The van der Waals surface area contributed by atoms with Crippen LogP contribution in [-0.4, -0.2) is 14.9 Å². The van der Waals surface area contributed by atoms with Gasteiger partial charge in [-0.3, -0.25) is 0 Å². The number of hydrogen-bond donors (Lipinski definition) is 0. The van der Waals surface area contributed by atoms with Gasteiger partial charge in [0.2, 0.25) is 0 Å². The number of hydrogen-bond acceptors (Lipinski definition) is 2. The van der Waals surface area contributed by atoms with Crippen LogP contribution in [0, 0.1) is 0 Å². The Labute approximate surface area is 62.7 Å². The lowest BCUT2D eigenvalue weighted by atomic mass is 10.6. The Bertz CT molecular complexity index is 87.0. The van der Waals surface area contributed by atoms with Crippen molar-refractivity contribution in [3.8, 4) is 0 Å². The Morgan fingerprint density at radius 1 is 1.67 bits per heavy atom. The zero-order chi connectivity index (χ0) is 7.28. The van der Waals surface area contributed by atoms with Crippen molar-refractivity contribution in [3.05, 3.63) is 0 Å². The second-order valence-electron chi connectivity index (χ2n) is 1.60. The topological polar surface area (TPSA) is 40.1 Å². The van der Waals surface area contributed by atoms with E-state index < -0.39 is 11.2 Å². The second-order valence-corrected chi connectivity index (χ2v) is 4.57. The molecule has 0 aromatic rings. The molecule has 0 heterocycles. The molecule has 0 rings (SSSR count). The maximum Gasteiger partial charge on any atom is 0.519 e. The molecule has 0 aromatic heterocycles. The highest BCUT2D eigenvalue weighted by Crippen LogP contribution is 2.04. The lowest BCUT2D eigenvalue weighted by Gasteiger charge is -2.03. The zero-order valence-electron chi connectivity index (χ0n) is 5.62. The van der Waals surface area contributed by atoms with Gasteiger partial charge in [0.25, 0.3) is 0 Å². The molecule has 4 heteroatoms. The third-order valence-corrected chi connectivity index (χ3v) is 3.93. The average molecular weight is 167 g/mol. The molecule has 54 valence electrons. The molecule has 0 amide bonds. The van der Waals surface area contributed by atoms with Crippen molar-refractivity contribution in [1.82, 2.24) is 0 Å². The van der Waals surface area contributed by atoms with Crippen LogP contribution in [0.15, 0.2) is 0 Å². The molecule has 0 radical (unpaired) electrons. The molecule has 0 bridgehead atoms. The third kappa shape index (κ3) is 3.13. The molecular weight excluding hydrogens is 156 g/mol. The summed E-state index contributed by atoms with van der Waals surface area (Å²) in [5, 5.41) is 0. The molecule has 0 aliphatic rings. The van der Waals surface area contributed by atoms with Crippen LogP contribution in [0.5, 0.6) is 0 Å². The highest BCUT2D eigenvalue weighted by molar-refractivity contribution is 8.00. The summed E-state index contributed by atoms with van der Waals surface area (Å²) in [4.78, 5) is 0. The van der Waals surface area contributed by atoms with Crippen molar-refractivity contribution in [1.29, 1.82) is 0 Å². The monoisotopic (exact) mass is 167 g/mol. The van der Waals surface area contributed by atoms with Gasteiger partial charge in [0.1, 0.15) is 5.75 Å². The summed E-state index contributed by atoms with van der Waals surface area (Å²) in [7, 11) is 0. The van der Waals surface area contributed by atoms with Gasteiger partial charge >= 0.3 is 16.2 Å². The van der Waals surface area contributed by atoms with E-state index in [9.17, 15) is 8.76 Å². The maximum atomic E-state index is 10.9. The van der Waals surface area contributed by atoms with Crippen LogP contribution in [0.1, 0.15) is 20.3 Å². The lowest BCUT2D eigenvalue weighted by Crippen LogP contribution is -2.20. The summed E-state index contributed by atoms with van der Waals surface area (Å²) >= 11 is -0.462. The Morgan fingerprint density at radius 3 is 2.33 bits per heavy atom. The van der Waals surface area contributed by atoms with Gasteiger partial charge in [0.05, 0.1) is 6.42 Å². The Hall–Kier alpha value is 0.330. The predicted molar refractivity (Wildman–Crippen MR) is 40.8 cm³/mol. The molecule has 0 N–H and O–H groups in total. The van der Waals surface area contributed by atoms with E-state index in [2.05, 4.69) is 0 Å². The number of rotatable bonds is 4. The molecule has 0 aliphatic carbocycles. The first kappa shape index (κ1) is 9.33. The van der Waals surface area contributed by atoms with E-state index in [1.807, 2.05) is 13.8 Å². The predicted octanol–water partition coefficient (Wildman–Crippen LogP) is 0.919. The maximum absolute atomic E-state index is 10.9. The SMILES string of the molecule is CCC([S+]=O)[S+]([O-])CC. The molecule has 0 saturated heterocycles. The van der Waals surface area contributed by atoms with Gasteiger partial charge in [-0.2, -0.15) is 0 Å². The van der Waals surface area contributed by atoms with E-state index in [0.29, 0.717) is 23.8 Å². The molecular formula is C5H11O2S2+. The molecule has 0 saturated carbocycles.